The number of hydrogen-bond donors (Lipinski definition) is 0. The van der Waals surface area contributed by atoms with E-state index in [1.165, 1.54) is 25.1 Å². The van der Waals surface area contributed by atoms with E-state index >= 15 is 0 Å². The summed E-state index contributed by atoms with van der Waals surface area (Å²) in [7, 11) is 0. The van der Waals surface area contributed by atoms with Crippen LogP contribution in [0.4, 0.5) is 0 Å². The van der Waals surface area contributed by atoms with E-state index in [1.807, 2.05) is 6.07 Å². The van der Waals surface area contributed by atoms with E-state index in [9.17, 15) is 0 Å². The molecule has 1 aromatic heterocycles. The van der Waals surface area contributed by atoms with Gasteiger partial charge in [-0.15, -0.1) is 0 Å². The fourth-order valence-corrected chi connectivity index (χ4v) is 2.69. The molecule has 0 saturated carbocycles. The van der Waals surface area contributed by atoms with E-state index in [0.717, 1.165) is 4.60 Å². The van der Waals surface area contributed by atoms with E-state index in [4.69, 9.17) is 0 Å². The van der Waals surface area contributed by atoms with E-state index in [1.54, 1.807) is 0 Å². The third kappa shape index (κ3) is 2.40. The fraction of sp³-hybridized carbons (Fsp3) is 0.583. The largest absolute Gasteiger partial charge is 0.292 e. The lowest BCUT2D eigenvalue weighted by atomic mass is 10.1. The highest BCUT2D eigenvalue weighted by Crippen LogP contribution is 2.32. The van der Waals surface area contributed by atoms with Crippen molar-refractivity contribution in [2.45, 2.75) is 38.8 Å². The van der Waals surface area contributed by atoms with Crippen LogP contribution in [0.3, 0.4) is 0 Å². The van der Waals surface area contributed by atoms with E-state index in [0.29, 0.717) is 12.1 Å². The summed E-state index contributed by atoms with van der Waals surface area (Å²) in [5.41, 5.74) is 1.20. The summed E-state index contributed by atoms with van der Waals surface area (Å²) in [5, 5.41) is 0. The Bertz CT molecular complexity index is 338. The van der Waals surface area contributed by atoms with Crippen molar-refractivity contribution in [1.29, 1.82) is 0 Å². The molecule has 1 atom stereocenters. The third-order valence-corrected chi connectivity index (χ3v) is 3.48. The van der Waals surface area contributed by atoms with Gasteiger partial charge in [-0.3, -0.25) is 4.90 Å². The number of nitrogens with zero attached hydrogens (tertiary/aromatic N) is 2. The van der Waals surface area contributed by atoms with Crippen LogP contribution in [0.2, 0.25) is 0 Å². The molecule has 82 valence electrons. The van der Waals surface area contributed by atoms with Gasteiger partial charge in [-0.25, -0.2) is 4.98 Å². The van der Waals surface area contributed by atoms with Gasteiger partial charge in [0, 0.05) is 6.04 Å². The Balaban J connectivity index is 2.22. The Morgan fingerprint density at radius 2 is 2.27 bits per heavy atom. The monoisotopic (exact) mass is 268 g/mol. The van der Waals surface area contributed by atoms with Gasteiger partial charge < -0.3 is 0 Å². The Hall–Kier alpha value is -0.410. The summed E-state index contributed by atoms with van der Waals surface area (Å²) < 4.78 is 0.940. The molecule has 0 bridgehead atoms. The van der Waals surface area contributed by atoms with Crippen molar-refractivity contribution in [3.05, 3.63) is 28.5 Å². The predicted molar refractivity (Wildman–Crippen MR) is 65.8 cm³/mol. The standard InChI is InChI=1S/C12H17BrN2/c1-9(2)15-8-4-6-11(15)10-5-3-7-12(13)14-10/h3,5,7,9,11H,4,6,8H2,1-2H3/t11-/m0/s1. The molecule has 2 nitrogen and oxygen atoms in total. The highest BCUT2D eigenvalue weighted by Gasteiger charge is 2.28. The van der Waals surface area contributed by atoms with Crippen LogP contribution in [-0.2, 0) is 0 Å². The van der Waals surface area contributed by atoms with Crippen LogP contribution < -0.4 is 0 Å². The maximum atomic E-state index is 4.56. The number of rotatable bonds is 2. The fourth-order valence-electron chi connectivity index (χ4n) is 2.33. The molecule has 0 radical (unpaired) electrons. The maximum Gasteiger partial charge on any atom is 0.106 e. The quantitative estimate of drug-likeness (QED) is 0.765. The summed E-state index contributed by atoms with van der Waals surface area (Å²) in [5.74, 6) is 0. The summed E-state index contributed by atoms with van der Waals surface area (Å²) in [4.78, 5) is 7.10. The highest BCUT2D eigenvalue weighted by molar-refractivity contribution is 9.10. The van der Waals surface area contributed by atoms with Crippen molar-refractivity contribution in [3.63, 3.8) is 0 Å². The van der Waals surface area contributed by atoms with Crippen LogP contribution in [0.5, 0.6) is 0 Å². The van der Waals surface area contributed by atoms with E-state index < -0.39 is 0 Å². The van der Waals surface area contributed by atoms with Gasteiger partial charge >= 0.3 is 0 Å². The van der Waals surface area contributed by atoms with Gasteiger partial charge in [0.1, 0.15) is 4.60 Å². The number of aromatic nitrogens is 1. The van der Waals surface area contributed by atoms with Crippen LogP contribution in [0.1, 0.15) is 38.4 Å². The number of pyridine rings is 1. The van der Waals surface area contributed by atoms with Crippen molar-refractivity contribution in [2.75, 3.05) is 6.54 Å². The Morgan fingerprint density at radius 3 is 2.93 bits per heavy atom. The van der Waals surface area contributed by atoms with Crippen LogP contribution in [0.15, 0.2) is 22.8 Å². The Labute approximate surface area is 99.8 Å². The maximum absolute atomic E-state index is 4.56. The molecule has 1 aliphatic rings. The molecule has 0 unspecified atom stereocenters. The molecule has 0 spiro atoms. The van der Waals surface area contributed by atoms with Crippen molar-refractivity contribution in [3.8, 4) is 0 Å². The van der Waals surface area contributed by atoms with Crippen LogP contribution in [-0.4, -0.2) is 22.5 Å². The first-order valence-electron chi connectivity index (χ1n) is 5.56. The zero-order chi connectivity index (χ0) is 10.8. The minimum absolute atomic E-state index is 0.516. The zero-order valence-corrected chi connectivity index (χ0v) is 10.9. The van der Waals surface area contributed by atoms with Gasteiger partial charge in [-0.2, -0.15) is 0 Å². The minimum Gasteiger partial charge on any atom is -0.292 e. The van der Waals surface area contributed by atoms with Crippen LogP contribution in [0, 0.1) is 0 Å². The molecule has 15 heavy (non-hydrogen) atoms. The zero-order valence-electron chi connectivity index (χ0n) is 9.28. The smallest absolute Gasteiger partial charge is 0.106 e. The predicted octanol–water partition coefficient (Wildman–Crippen LogP) is 3.39. The molecule has 0 aliphatic carbocycles. The molecule has 1 saturated heterocycles. The summed E-state index contributed by atoms with van der Waals surface area (Å²) in [6, 6.07) is 7.32. The first-order chi connectivity index (χ1) is 7.18. The lowest BCUT2D eigenvalue weighted by Crippen LogP contribution is -2.30. The average molecular weight is 269 g/mol. The molecule has 1 aromatic rings. The molecule has 1 fully saturated rings. The van der Waals surface area contributed by atoms with Gasteiger partial charge in [-0.1, -0.05) is 6.07 Å². The lowest BCUT2D eigenvalue weighted by molar-refractivity contribution is 0.202. The summed E-state index contributed by atoms with van der Waals surface area (Å²) >= 11 is 3.44. The summed E-state index contributed by atoms with van der Waals surface area (Å²) in [6.45, 7) is 5.73. The molecular weight excluding hydrogens is 252 g/mol. The Morgan fingerprint density at radius 1 is 1.47 bits per heavy atom. The third-order valence-electron chi connectivity index (χ3n) is 3.04. The van der Waals surface area contributed by atoms with Gasteiger partial charge in [-0.05, 0) is 61.3 Å². The first kappa shape index (κ1) is 11.1. The van der Waals surface area contributed by atoms with Gasteiger partial charge in [0.05, 0.1) is 11.7 Å². The lowest BCUT2D eigenvalue weighted by Gasteiger charge is -2.27. The Kier molecular flexibility index (Phi) is 3.42. The normalized spacial score (nSPS) is 22.5. The summed E-state index contributed by atoms with van der Waals surface area (Å²) in [6.07, 6.45) is 2.53. The molecule has 2 rings (SSSR count). The van der Waals surface area contributed by atoms with Gasteiger partial charge in [0.2, 0.25) is 0 Å². The highest BCUT2D eigenvalue weighted by atomic mass is 79.9. The second-order valence-corrected chi connectivity index (χ2v) is 5.19. The van der Waals surface area contributed by atoms with Crippen LogP contribution in [0.25, 0.3) is 0 Å². The van der Waals surface area contributed by atoms with Gasteiger partial charge in [0.15, 0.2) is 0 Å². The van der Waals surface area contributed by atoms with E-state index in [2.05, 4.69) is 51.8 Å². The minimum atomic E-state index is 0.516. The number of hydrogen-bond acceptors (Lipinski definition) is 2. The first-order valence-corrected chi connectivity index (χ1v) is 6.36. The molecular formula is C12H17BrN2. The van der Waals surface area contributed by atoms with E-state index in [-0.39, 0.29) is 0 Å². The molecule has 2 heterocycles. The second kappa shape index (κ2) is 4.62. The topological polar surface area (TPSA) is 16.1 Å². The molecule has 3 heteroatoms. The molecule has 0 aromatic carbocycles. The average Bonchev–Trinajstić information content (AvgIpc) is 2.65. The SMILES string of the molecule is CC(C)N1CCC[C@H]1c1cccc(Br)n1. The van der Waals surface area contributed by atoms with Crippen LogP contribution >= 0.6 is 15.9 Å². The van der Waals surface area contributed by atoms with Crippen molar-refractivity contribution in [2.24, 2.45) is 0 Å². The number of likely N-dealkylation sites (tertiary alicyclic amines) is 1. The van der Waals surface area contributed by atoms with Crippen molar-refractivity contribution < 1.29 is 0 Å². The molecule has 1 aliphatic heterocycles. The van der Waals surface area contributed by atoms with Crippen molar-refractivity contribution in [1.82, 2.24) is 9.88 Å². The van der Waals surface area contributed by atoms with Crippen molar-refractivity contribution >= 4 is 15.9 Å². The molecule has 0 N–H and O–H groups in total. The second-order valence-electron chi connectivity index (χ2n) is 4.37. The van der Waals surface area contributed by atoms with Gasteiger partial charge in [0.25, 0.3) is 0 Å². The molecule has 0 amide bonds. The number of halogens is 1.